The number of rotatable bonds is 5. The van der Waals surface area contributed by atoms with Crippen molar-refractivity contribution in [2.24, 2.45) is 0 Å². The van der Waals surface area contributed by atoms with Crippen molar-refractivity contribution in [3.05, 3.63) is 90.3 Å². The summed E-state index contributed by atoms with van der Waals surface area (Å²) < 4.78 is 0. The number of carbonyl (C=O) groups is 1. The normalized spacial score (nSPS) is 11.4. The number of carbonyl (C=O) groups excluding carboxylic acids is 1. The van der Waals surface area contributed by atoms with Crippen LogP contribution in [0.4, 0.5) is 11.4 Å². The average molecular weight is 382 g/mol. The molecule has 0 atom stereocenters. The maximum absolute atomic E-state index is 13.2. The number of H-pyrrole nitrogens is 1. The van der Waals surface area contributed by atoms with Gasteiger partial charge in [-0.15, -0.1) is 0 Å². The topological polar surface area (TPSA) is 61.0 Å². The fraction of sp³-hybridized carbons (Fsp3) is 0.0833. The van der Waals surface area contributed by atoms with Gasteiger partial charge in [-0.25, -0.2) is 4.98 Å². The van der Waals surface area contributed by atoms with Gasteiger partial charge in [0.15, 0.2) is 0 Å². The molecule has 4 rings (SSSR count). The number of benzene rings is 2. The summed E-state index contributed by atoms with van der Waals surface area (Å²) in [4.78, 5) is 22.7. The molecule has 2 aromatic heterocycles. The van der Waals surface area contributed by atoms with E-state index in [4.69, 9.17) is 0 Å². The number of aromatic nitrogens is 2. The van der Waals surface area contributed by atoms with Crippen LogP contribution in [0.2, 0.25) is 0 Å². The molecule has 0 radical (unpaired) electrons. The number of pyridine rings is 1. The quantitative estimate of drug-likeness (QED) is 0.487. The van der Waals surface area contributed by atoms with Gasteiger partial charge in [0.1, 0.15) is 5.65 Å². The van der Waals surface area contributed by atoms with E-state index in [2.05, 4.69) is 15.3 Å². The standard InChI is InChI=1S/C24H22N4O/c1-28(2)20-12-10-19(11-13-20)27-24(29)22(17-7-4-3-5-8-17)15-18-16-26-23-21(18)9-6-14-25-23/h3-16H,1-2H3,(H,25,26)(H,27,29). The lowest BCUT2D eigenvalue weighted by Gasteiger charge is -2.14. The number of hydrogen-bond donors (Lipinski definition) is 2. The highest BCUT2D eigenvalue weighted by Crippen LogP contribution is 2.25. The molecule has 0 bridgehead atoms. The first-order valence-corrected chi connectivity index (χ1v) is 9.40. The Bertz CT molecular complexity index is 1160. The molecular formula is C24H22N4O. The minimum atomic E-state index is -0.160. The van der Waals surface area contributed by atoms with E-state index in [9.17, 15) is 4.79 Å². The highest BCUT2D eigenvalue weighted by Gasteiger charge is 2.14. The van der Waals surface area contributed by atoms with Crippen molar-refractivity contribution in [1.82, 2.24) is 9.97 Å². The van der Waals surface area contributed by atoms with Crippen molar-refractivity contribution < 1.29 is 4.79 Å². The van der Waals surface area contributed by atoms with Crippen LogP contribution in [0.5, 0.6) is 0 Å². The molecule has 2 heterocycles. The predicted octanol–water partition coefficient (Wildman–Crippen LogP) is 4.81. The molecule has 5 heteroatoms. The Hall–Kier alpha value is -3.86. The van der Waals surface area contributed by atoms with Gasteiger partial charge in [0.25, 0.3) is 5.91 Å². The minimum Gasteiger partial charge on any atom is -0.378 e. The van der Waals surface area contributed by atoms with Crippen LogP contribution < -0.4 is 10.2 Å². The van der Waals surface area contributed by atoms with Crippen LogP contribution >= 0.6 is 0 Å². The molecule has 2 N–H and O–H groups in total. The first-order valence-electron chi connectivity index (χ1n) is 9.40. The van der Waals surface area contributed by atoms with Crippen LogP contribution in [0.25, 0.3) is 22.7 Å². The summed E-state index contributed by atoms with van der Waals surface area (Å²) in [5.41, 5.74) is 4.99. The van der Waals surface area contributed by atoms with Gasteiger partial charge in [0, 0.05) is 54.4 Å². The second kappa shape index (κ2) is 8.02. The number of anilines is 2. The Morgan fingerprint density at radius 3 is 2.48 bits per heavy atom. The first-order chi connectivity index (χ1) is 14.1. The molecule has 0 aliphatic carbocycles. The van der Waals surface area contributed by atoms with E-state index < -0.39 is 0 Å². The zero-order valence-corrected chi connectivity index (χ0v) is 16.4. The van der Waals surface area contributed by atoms with Gasteiger partial charge in [0.2, 0.25) is 0 Å². The Kier molecular flexibility index (Phi) is 5.12. The third-order valence-electron chi connectivity index (χ3n) is 4.75. The number of nitrogens with one attached hydrogen (secondary N) is 2. The van der Waals surface area contributed by atoms with Crippen LogP contribution in [-0.4, -0.2) is 30.0 Å². The molecule has 0 fully saturated rings. The molecule has 1 amide bonds. The Morgan fingerprint density at radius 2 is 1.76 bits per heavy atom. The zero-order chi connectivity index (χ0) is 20.2. The molecule has 4 aromatic rings. The lowest BCUT2D eigenvalue weighted by molar-refractivity contribution is -0.111. The number of aromatic amines is 1. The third kappa shape index (κ3) is 4.04. The number of fused-ring (bicyclic) bond motifs is 1. The van der Waals surface area contributed by atoms with Crippen molar-refractivity contribution in [1.29, 1.82) is 0 Å². The van der Waals surface area contributed by atoms with Crippen LogP contribution in [0.15, 0.2) is 79.1 Å². The van der Waals surface area contributed by atoms with Crippen molar-refractivity contribution in [2.45, 2.75) is 0 Å². The van der Waals surface area contributed by atoms with Gasteiger partial charge in [-0.1, -0.05) is 30.3 Å². The smallest absolute Gasteiger partial charge is 0.256 e. The fourth-order valence-electron chi connectivity index (χ4n) is 3.19. The van der Waals surface area contributed by atoms with Gasteiger partial charge in [-0.05, 0) is 48.0 Å². The molecule has 0 aliphatic rings. The van der Waals surface area contributed by atoms with Crippen molar-refractivity contribution in [3.63, 3.8) is 0 Å². The van der Waals surface area contributed by atoms with Crippen molar-refractivity contribution in [2.75, 3.05) is 24.3 Å². The summed E-state index contributed by atoms with van der Waals surface area (Å²) in [6, 6.07) is 21.3. The van der Waals surface area contributed by atoms with Crippen molar-refractivity contribution in [3.8, 4) is 0 Å². The first kappa shape index (κ1) is 18.5. The van der Waals surface area contributed by atoms with Gasteiger partial charge < -0.3 is 15.2 Å². The number of hydrogen-bond acceptors (Lipinski definition) is 3. The molecule has 29 heavy (non-hydrogen) atoms. The van der Waals surface area contributed by atoms with E-state index in [1.165, 1.54) is 0 Å². The van der Waals surface area contributed by atoms with E-state index in [0.29, 0.717) is 5.57 Å². The lowest BCUT2D eigenvalue weighted by atomic mass is 10.0. The molecule has 0 saturated carbocycles. The average Bonchev–Trinajstić information content (AvgIpc) is 3.16. The fourth-order valence-corrected chi connectivity index (χ4v) is 3.19. The summed E-state index contributed by atoms with van der Waals surface area (Å²) in [6.07, 6.45) is 5.52. The van der Waals surface area contributed by atoms with E-state index in [1.807, 2.05) is 98.0 Å². The van der Waals surface area contributed by atoms with Gasteiger partial charge in [0.05, 0.1) is 0 Å². The van der Waals surface area contributed by atoms with Gasteiger partial charge in [-0.2, -0.15) is 0 Å². The Balaban J connectivity index is 1.70. The van der Waals surface area contributed by atoms with E-state index in [0.717, 1.165) is 33.5 Å². The van der Waals surface area contributed by atoms with E-state index >= 15 is 0 Å². The molecule has 0 spiro atoms. The lowest BCUT2D eigenvalue weighted by Crippen LogP contribution is -2.14. The highest BCUT2D eigenvalue weighted by atomic mass is 16.1. The second-order valence-electron chi connectivity index (χ2n) is 6.96. The number of nitrogens with zero attached hydrogens (tertiary/aromatic N) is 2. The second-order valence-corrected chi connectivity index (χ2v) is 6.96. The van der Waals surface area contributed by atoms with E-state index in [1.54, 1.807) is 6.20 Å². The van der Waals surface area contributed by atoms with Gasteiger partial charge in [-0.3, -0.25) is 4.79 Å². The Morgan fingerprint density at radius 1 is 1.00 bits per heavy atom. The molecule has 5 nitrogen and oxygen atoms in total. The molecule has 0 saturated heterocycles. The highest BCUT2D eigenvalue weighted by molar-refractivity contribution is 6.29. The molecule has 2 aromatic carbocycles. The molecule has 144 valence electrons. The summed E-state index contributed by atoms with van der Waals surface area (Å²) in [5.74, 6) is -0.160. The molecule has 0 unspecified atom stereocenters. The summed E-state index contributed by atoms with van der Waals surface area (Å²) in [6.45, 7) is 0. The maximum atomic E-state index is 13.2. The third-order valence-corrected chi connectivity index (χ3v) is 4.75. The largest absolute Gasteiger partial charge is 0.378 e. The predicted molar refractivity (Wildman–Crippen MR) is 120 cm³/mol. The SMILES string of the molecule is CN(C)c1ccc(NC(=O)C(=Cc2c[nH]c3ncccc23)c2ccccc2)cc1. The van der Waals surface area contributed by atoms with Crippen LogP contribution in [0, 0.1) is 0 Å². The number of amides is 1. The molecular weight excluding hydrogens is 360 g/mol. The van der Waals surface area contributed by atoms with Gasteiger partial charge >= 0.3 is 0 Å². The van der Waals surface area contributed by atoms with E-state index in [-0.39, 0.29) is 5.91 Å². The van der Waals surface area contributed by atoms with Crippen LogP contribution in [-0.2, 0) is 4.79 Å². The van der Waals surface area contributed by atoms with Crippen LogP contribution in [0.3, 0.4) is 0 Å². The minimum absolute atomic E-state index is 0.160. The Labute approximate surface area is 169 Å². The molecule has 0 aliphatic heterocycles. The summed E-state index contributed by atoms with van der Waals surface area (Å²) in [7, 11) is 3.97. The zero-order valence-electron chi connectivity index (χ0n) is 16.4. The summed E-state index contributed by atoms with van der Waals surface area (Å²) >= 11 is 0. The maximum Gasteiger partial charge on any atom is 0.256 e. The summed E-state index contributed by atoms with van der Waals surface area (Å²) in [5, 5.41) is 3.99. The monoisotopic (exact) mass is 382 g/mol. The van der Waals surface area contributed by atoms with Crippen LogP contribution in [0.1, 0.15) is 11.1 Å². The van der Waals surface area contributed by atoms with Crippen molar-refractivity contribution >= 4 is 40.0 Å².